The monoisotopic (exact) mass is 491 g/mol. The number of hydrazone groups is 1. The highest BCUT2D eigenvalue weighted by molar-refractivity contribution is 9.10. The van der Waals surface area contributed by atoms with Gasteiger partial charge in [-0.15, -0.1) is 11.3 Å². The quantitative estimate of drug-likeness (QED) is 0.176. The van der Waals surface area contributed by atoms with Crippen LogP contribution in [-0.4, -0.2) is 29.0 Å². The lowest BCUT2D eigenvalue weighted by Crippen LogP contribution is -2.26. The third-order valence-electron chi connectivity index (χ3n) is 4.03. The first-order valence-electron chi connectivity index (χ1n) is 9.34. The maximum absolute atomic E-state index is 12.4. The highest BCUT2D eigenvalue weighted by Gasteiger charge is 2.16. The molecule has 0 saturated heterocycles. The Morgan fingerprint density at radius 3 is 3.00 bits per heavy atom. The second-order valence-electron chi connectivity index (χ2n) is 6.33. The van der Waals surface area contributed by atoms with Crippen molar-refractivity contribution >= 4 is 61.4 Å². The summed E-state index contributed by atoms with van der Waals surface area (Å²) in [6.45, 7) is 4.62. The molecule has 1 amide bonds. The first-order valence-corrected chi connectivity index (χ1v) is 11.8. The molecule has 1 aromatic heterocycles. The van der Waals surface area contributed by atoms with Crippen molar-refractivity contribution in [2.75, 3.05) is 6.61 Å². The minimum absolute atomic E-state index is 0.172. The summed E-state index contributed by atoms with van der Waals surface area (Å²) in [5, 5.41) is 3.81. The number of hydrogen-bond donors (Lipinski definition) is 1. The Bertz CT molecular complexity index is 974. The molecule has 1 unspecified atom stereocenters. The van der Waals surface area contributed by atoms with Crippen LogP contribution in [0.2, 0.25) is 0 Å². The number of benzene rings is 2. The predicted octanol–water partition coefficient (Wildman–Crippen LogP) is 5.87. The van der Waals surface area contributed by atoms with Gasteiger partial charge in [-0.2, -0.15) is 5.10 Å². The van der Waals surface area contributed by atoms with Gasteiger partial charge in [0.2, 0.25) is 0 Å². The van der Waals surface area contributed by atoms with Gasteiger partial charge in [-0.1, -0.05) is 53.2 Å². The first kappa shape index (κ1) is 21.8. The van der Waals surface area contributed by atoms with Crippen molar-refractivity contribution in [2.24, 2.45) is 5.10 Å². The molecule has 0 aliphatic heterocycles. The fourth-order valence-corrected chi connectivity index (χ4v) is 5.02. The van der Waals surface area contributed by atoms with Gasteiger partial charge in [0.05, 0.1) is 28.3 Å². The first-order chi connectivity index (χ1) is 14.1. The molecule has 8 heteroatoms. The van der Waals surface area contributed by atoms with Crippen LogP contribution in [-0.2, 0) is 4.79 Å². The highest BCUT2D eigenvalue weighted by Crippen LogP contribution is 2.31. The van der Waals surface area contributed by atoms with Gasteiger partial charge >= 0.3 is 0 Å². The number of carbonyl (C=O) groups is 1. The topological polar surface area (TPSA) is 63.6 Å². The Morgan fingerprint density at radius 1 is 1.38 bits per heavy atom. The van der Waals surface area contributed by atoms with E-state index in [9.17, 15) is 4.79 Å². The number of carbonyl (C=O) groups excluding carboxylic acids is 1. The lowest BCUT2D eigenvalue weighted by atomic mass is 10.2. The Kier molecular flexibility index (Phi) is 8.09. The summed E-state index contributed by atoms with van der Waals surface area (Å²) in [4.78, 5) is 17.0. The van der Waals surface area contributed by atoms with Gasteiger partial charge in [0, 0.05) is 10.0 Å². The largest absolute Gasteiger partial charge is 0.493 e. The molecule has 1 heterocycles. The number of rotatable bonds is 9. The molecular formula is C21H22BrN3O2S2. The summed E-state index contributed by atoms with van der Waals surface area (Å²) in [6, 6.07) is 13.7. The maximum Gasteiger partial charge on any atom is 0.253 e. The molecule has 0 fully saturated rings. The number of ether oxygens (including phenoxy) is 1. The SMILES string of the molecule is CCCCOc1ccc(Br)cc1C=NNC(=O)C(C)Sc1nc2ccccc2s1. The van der Waals surface area contributed by atoms with E-state index in [0.717, 1.165) is 43.2 Å². The number of thioether (sulfide) groups is 1. The molecule has 3 aromatic rings. The Labute approximate surface area is 187 Å². The van der Waals surface area contributed by atoms with Crippen LogP contribution in [0.5, 0.6) is 5.75 Å². The third-order valence-corrected chi connectivity index (χ3v) is 6.75. The standard InChI is InChI=1S/C21H22BrN3O2S2/c1-3-4-11-27-18-10-9-16(22)12-15(18)13-23-25-20(26)14(2)28-21-24-17-7-5-6-8-19(17)29-21/h5-10,12-14H,3-4,11H2,1-2H3,(H,25,26). The summed E-state index contributed by atoms with van der Waals surface area (Å²) >= 11 is 6.48. The van der Waals surface area contributed by atoms with Crippen LogP contribution in [0.3, 0.4) is 0 Å². The van der Waals surface area contributed by atoms with E-state index in [1.54, 1.807) is 17.6 Å². The number of hydrogen-bond acceptors (Lipinski definition) is 6. The van der Waals surface area contributed by atoms with Crippen LogP contribution in [0.15, 0.2) is 56.4 Å². The predicted molar refractivity (Wildman–Crippen MR) is 125 cm³/mol. The molecular weight excluding hydrogens is 470 g/mol. The Morgan fingerprint density at radius 2 is 2.21 bits per heavy atom. The van der Waals surface area contributed by atoms with Crippen LogP contribution >= 0.6 is 39.0 Å². The number of aromatic nitrogens is 1. The molecule has 5 nitrogen and oxygen atoms in total. The third kappa shape index (κ3) is 6.29. The van der Waals surface area contributed by atoms with E-state index in [2.05, 4.69) is 38.4 Å². The van der Waals surface area contributed by atoms with E-state index in [4.69, 9.17) is 4.74 Å². The van der Waals surface area contributed by atoms with Crippen molar-refractivity contribution in [3.05, 3.63) is 52.5 Å². The number of halogens is 1. The van der Waals surface area contributed by atoms with E-state index < -0.39 is 0 Å². The Balaban J connectivity index is 1.59. The molecule has 152 valence electrons. The van der Waals surface area contributed by atoms with Gasteiger partial charge in [-0.3, -0.25) is 4.79 Å². The molecule has 1 N–H and O–H groups in total. The smallest absolute Gasteiger partial charge is 0.253 e. The second kappa shape index (κ2) is 10.8. The van der Waals surface area contributed by atoms with Crippen molar-refractivity contribution in [3.63, 3.8) is 0 Å². The van der Waals surface area contributed by atoms with Crippen LogP contribution in [0, 0.1) is 0 Å². The number of amides is 1. The van der Waals surface area contributed by atoms with Gasteiger partial charge in [0.15, 0.2) is 4.34 Å². The average molecular weight is 492 g/mol. The number of unbranched alkanes of at least 4 members (excludes halogenated alkanes) is 1. The fraction of sp³-hybridized carbons (Fsp3) is 0.286. The van der Waals surface area contributed by atoms with Crippen molar-refractivity contribution in [2.45, 2.75) is 36.3 Å². The zero-order valence-corrected chi connectivity index (χ0v) is 19.4. The van der Waals surface area contributed by atoms with E-state index in [-0.39, 0.29) is 11.2 Å². The summed E-state index contributed by atoms with van der Waals surface area (Å²) < 4.78 is 8.72. The van der Waals surface area contributed by atoms with Crippen molar-refractivity contribution in [3.8, 4) is 5.75 Å². The number of para-hydroxylation sites is 1. The van der Waals surface area contributed by atoms with Crippen LogP contribution in [0.1, 0.15) is 32.3 Å². The average Bonchev–Trinajstić information content (AvgIpc) is 3.11. The van der Waals surface area contributed by atoms with Gasteiger partial charge in [0.1, 0.15) is 5.75 Å². The molecule has 2 aromatic carbocycles. The Hall–Kier alpha value is -1.90. The molecule has 0 aliphatic carbocycles. The van der Waals surface area contributed by atoms with Crippen molar-refractivity contribution < 1.29 is 9.53 Å². The van der Waals surface area contributed by atoms with E-state index in [0.29, 0.717) is 6.61 Å². The molecule has 0 saturated carbocycles. The zero-order valence-electron chi connectivity index (χ0n) is 16.2. The van der Waals surface area contributed by atoms with Crippen LogP contribution in [0.25, 0.3) is 10.2 Å². The summed E-state index contributed by atoms with van der Waals surface area (Å²) in [5.74, 6) is 0.575. The minimum Gasteiger partial charge on any atom is -0.493 e. The summed E-state index contributed by atoms with van der Waals surface area (Å²) in [7, 11) is 0. The van der Waals surface area contributed by atoms with E-state index in [1.807, 2.05) is 49.4 Å². The van der Waals surface area contributed by atoms with Gasteiger partial charge in [-0.25, -0.2) is 10.4 Å². The molecule has 0 aliphatic rings. The molecule has 0 radical (unpaired) electrons. The normalized spacial score (nSPS) is 12.4. The lowest BCUT2D eigenvalue weighted by Gasteiger charge is -2.09. The van der Waals surface area contributed by atoms with Gasteiger partial charge in [-0.05, 0) is 43.7 Å². The molecule has 0 bridgehead atoms. The van der Waals surface area contributed by atoms with Crippen molar-refractivity contribution in [1.29, 1.82) is 0 Å². The van der Waals surface area contributed by atoms with Gasteiger partial charge < -0.3 is 4.74 Å². The van der Waals surface area contributed by atoms with Crippen LogP contribution < -0.4 is 10.2 Å². The number of nitrogens with zero attached hydrogens (tertiary/aromatic N) is 2. The zero-order chi connectivity index (χ0) is 20.6. The molecule has 3 rings (SSSR count). The highest BCUT2D eigenvalue weighted by atomic mass is 79.9. The summed E-state index contributed by atoms with van der Waals surface area (Å²) in [5.41, 5.74) is 4.38. The van der Waals surface area contributed by atoms with Gasteiger partial charge in [0.25, 0.3) is 5.91 Å². The summed E-state index contributed by atoms with van der Waals surface area (Å²) in [6.07, 6.45) is 3.67. The van der Waals surface area contributed by atoms with E-state index >= 15 is 0 Å². The maximum atomic E-state index is 12.4. The number of fused-ring (bicyclic) bond motifs is 1. The van der Waals surface area contributed by atoms with Crippen LogP contribution in [0.4, 0.5) is 0 Å². The molecule has 0 spiro atoms. The molecule has 1 atom stereocenters. The number of nitrogens with one attached hydrogen (secondary N) is 1. The lowest BCUT2D eigenvalue weighted by molar-refractivity contribution is -0.120. The second-order valence-corrected chi connectivity index (χ2v) is 9.86. The minimum atomic E-state index is -0.310. The molecule has 29 heavy (non-hydrogen) atoms. The fourth-order valence-electron chi connectivity index (χ4n) is 2.44. The van der Waals surface area contributed by atoms with Crippen molar-refractivity contribution in [1.82, 2.24) is 10.4 Å². The van der Waals surface area contributed by atoms with E-state index in [1.165, 1.54) is 11.8 Å². The number of thiazole rings is 1.